The second-order valence-corrected chi connectivity index (χ2v) is 10.3. The van der Waals surface area contributed by atoms with E-state index in [2.05, 4.69) is 10.5 Å². The van der Waals surface area contributed by atoms with Crippen LogP contribution in [-0.2, 0) is 16.6 Å². The summed E-state index contributed by atoms with van der Waals surface area (Å²) in [4.78, 5) is 12.8. The first-order valence-electron chi connectivity index (χ1n) is 11.1. The molecule has 0 atom stereocenters. The summed E-state index contributed by atoms with van der Waals surface area (Å²) in [5.74, 6) is 0.975. The lowest BCUT2D eigenvalue weighted by atomic mass is 10.1. The van der Waals surface area contributed by atoms with Crippen LogP contribution in [0.15, 0.2) is 76.7 Å². The van der Waals surface area contributed by atoms with E-state index in [1.54, 1.807) is 55.5 Å². The molecule has 35 heavy (non-hydrogen) atoms. The lowest BCUT2D eigenvalue weighted by Gasteiger charge is -2.18. The Labute approximate surface area is 205 Å². The minimum Gasteiger partial charge on any atom is -0.486 e. The van der Waals surface area contributed by atoms with Crippen LogP contribution in [0.5, 0.6) is 11.5 Å². The highest BCUT2D eigenvalue weighted by atomic mass is 32.2. The number of fused-ring (bicyclic) bond motifs is 1. The number of nitrogens with zero attached hydrogens (tertiary/aromatic N) is 2. The minimum atomic E-state index is -3.61. The molecule has 1 aliphatic heterocycles. The Balaban J connectivity index is 1.38. The van der Waals surface area contributed by atoms with E-state index in [9.17, 15) is 13.2 Å². The second kappa shape index (κ2) is 10.3. The molecule has 0 aliphatic carbocycles. The van der Waals surface area contributed by atoms with Crippen LogP contribution in [0.25, 0.3) is 0 Å². The van der Waals surface area contributed by atoms with Gasteiger partial charge in [0.15, 0.2) is 11.5 Å². The molecule has 0 aromatic heterocycles. The zero-order valence-corrected chi connectivity index (χ0v) is 20.6. The van der Waals surface area contributed by atoms with Crippen molar-refractivity contribution in [1.29, 1.82) is 0 Å². The van der Waals surface area contributed by atoms with Crippen LogP contribution < -0.4 is 14.9 Å². The van der Waals surface area contributed by atoms with Gasteiger partial charge in [0.2, 0.25) is 10.0 Å². The van der Waals surface area contributed by atoms with Gasteiger partial charge in [0.05, 0.1) is 10.6 Å². The van der Waals surface area contributed by atoms with Crippen LogP contribution in [0.3, 0.4) is 0 Å². The fourth-order valence-corrected chi connectivity index (χ4v) is 4.68. The second-order valence-electron chi connectivity index (χ2n) is 8.27. The molecule has 0 radical (unpaired) electrons. The van der Waals surface area contributed by atoms with E-state index < -0.39 is 10.0 Å². The average Bonchev–Trinajstić information content (AvgIpc) is 2.87. The Bertz CT molecular complexity index is 1350. The summed E-state index contributed by atoms with van der Waals surface area (Å²) >= 11 is 0. The molecule has 0 bridgehead atoms. The van der Waals surface area contributed by atoms with Gasteiger partial charge in [0, 0.05) is 24.7 Å². The SMILES string of the molecule is CC(=NNC(=O)c1ccc(CN(C)S(=O)(=O)c2ccc(C)cc2)cc1)c1ccc2c(c1)OCCO2. The molecule has 0 saturated heterocycles. The van der Waals surface area contributed by atoms with Gasteiger partial charge in [-0.1, -0.05) is 29.8 Å². The molecular formula is C26H27N3O5S. The van der Waals surface area contributed by atoms with E-state index in [0.29, 0.717) is 36.0 Å². The summed E-state index contributed by atoms with van der Waals surface area (Å²) in [5.41, 5.74) is 6.15. The van der Waals surface area contributed by atoms with Crippen LogP contribution >= 0.6 is 0 Å². The molecule has 9 heteroatoms. The van der Waals surface area contributed by atoms with Gasteiger partial charge in [0.25, 0.3) is 5.91 Å². The molecule has 0 saturated carbocycles. The number of carbonyl (C=O) groups excluding carboxylic acids is 1. The van der Waals surface area contributed by atoms with Crippen LogP contribution in [0.1, 0.15) is 34.0 Å². The highest BCUT2D eigenvalue weighted by Crippen LogP contribution is 2.30. The summed E-state index contributed by atoms with van der Waals surface area (Å²) in [5, 5.41) is 4.20. The van der Waals surface area contributed by atoms with Crippen molar-refractivity contribution < 1.29 is 22.7 Å². The quantitative estimate of drug-likeness (QED) is 0.400. The largest absolute Gasteiger partial charge is 0.486 e. The lowest BCUT2D eigenvalue weighted by molar-refractivity contribution is 0.0955. The average molecular weight is 494 g/mol. The summed E-state index contributed by atoms with van der Waals surface area (Å²) < 4.78 is 38.0. The van der Waals surface area contributed by atoms with Crippen molar-refractivity contribution in [2.45, 2.75) is 25.3 Å². The van der Waals surface area contributed by atoms with E-state index in [1.807, 2.05) is 25.1 Å². The van der Waals surface area contributed by atoms with Gasteiger partial charge in [-0.2, -0.15) is 9.41 Å². The lowest BCUT2D eigenvalue weighted by Crippen LogP contribution is -2.26. The van der Waals surface area contributed by atoms with Gasteiger partial charge in [-0.05, 0) is 61.9 Å². The normalized spacial score (nSPS) is 13.5. The molecule has 4 rings (SSSR count). The Morgan fingerprint density at radius 3 is 2.26 bits per heavy atom. The monoisotopic (exact) mass is 493 g/mol. The molecule has 1 N–H and O–H groups in total. The third kappa shape index (κ3) is 5.70. The van der Waals surface area contributed by atoms with Crippen LogP contribution in [0.4, 0.5) is 0 Å². The molecule has 8 nitrogen and oxygen atoms in total. The van der Waals surface area contributed by atoms with Crippen molar-refractivity contribution >= 4 is 21.6 Å². The highest BCUT2D eigenvalue weighted by Gasteiger charge is 2.21. The summed E-state index contributed by atoms with van der Waals surface area (Å²) in [6.07, 6.45) is 0. The number of nitrogens with one attached hydrogen (secondary N) is 1. The first kappa shape index (κ1) is 24.4. The van der Waals surface area contributed by atoms with Crippen LogP contribution in [0, 0.1) is 6.92 Å². The predicted octanol–water partition coefficient (Wildman–Crippen LogP) is 3.74. The smallest absolute Gasteiger partial charge is 0.271 e. The highest BCUT2D eigenvalue weighted by molar-refractivity contribution is 7.89. The van der Waals surface area contributed by atoms with E-state index in [-0.39, 0.29) is 17.3 Å². The molecule has 3 aromatic rings. The van der Waals surface area contributed by atoms with Gasteiger partial charge in [0.1, 0.15) is 13.2 Å². The number of sulfonamides is 1. The molecule has 182 valence electrons. The third-order valence-corrected chi connectivity index (χ3v) is 7.45. The number of amides is 1. The van der Waals surface area contributed by atoms with Crippen molar-refractivity contribution in [3.05, 3.63) is 89.0 Å². The minimum absolute atomic E-state index is 0.180. The van der Waals surface area contributed by atoms with E-state index in [4.69, 9.17) is 9.47 Å². The van der Waals surface area contributed by atoms with Crippen molar-refractivity contribution in [3.8, 4) is 11.5 Å². The van der Waals surface area contributed by atoms with Crippen LogP contribution in [-0.4, -0.2) is 44.6 Å². The molecular weight excluding hydrogens is 466 g/mol. The number of ether oxygens (including phenoxy) is 2. The van der Waals surface area contributed by atoms with Gasteiger partial charge in [-0.15, -0.1) is 0 Å². The third-order valence-electron chi connectivity index (χ3n) is 5.64. The molecule has 0 unspecified atom stereocenters. The van der Waals surface area contributed by atoms with E-state index in [0.717, 1.165) is 16.7 Å². The zero-order valence-electron chi connectivity index (χ0n) is 19.8. The van der Waals surface area contributed by atoms with Gasteiger partial charge >= 0.3 is 0 Å². The molecule has 3 aromatic carbocycles. The Morgan fingerprint density at radius 1 is 0.943 bits per heavy atom. The number of hydrogen-bond donors (Lipinski definition) is 1. The molecule has 0 fully saturated rings. The van der Waals surface area contributed by atoms with E-state index >= 15 is 0 Å². The standard InChI is InChI=1S/C26H27N3O5S/c1-18-4-11-23(12-5-18)35(31,32)29(3)17-20-6-8-21(9-7-20)26(30)28-27-19(2)22-10-13-24-25(16-22)34-15-14-33-24/h4-13,16H,14-15,17H2,1-3H3,(H,28,30). The zero-order chi connectivity index (χ0) is 25.0. The number of benzene rings is 3. The van der Waals surface area contributed by atoms with Crippen molar-refractivity contribution in [2.75, 3.05) is 20.3 Å². The molecule has 0 spiro atoms. The maximum Gasteiger partial charge on any atom is 0.271 e. The Morgan fingerprint density at radius 2 is 1.57 bits per heavy atom. The topological polar surface area (TPSA) is 97.3 Å². The van der Waals surface area contributed by atoms with Crippen LogP contribution in [0.2, 0.25) is 0 Å². The van der Waals surface area contributed by atoms with Crippen molar-refractivity contribution in [1.82, 2.24) is 9.73 Å². The number of aryl methyl sites for hydroxylation is 1. The van der Waals surface area contributed by atoms with Crippen molar-refractivity contribution in [3.63, 3.8) is 0 Å². The number of rotatable bonds is 7. The fraction of sp³-hybridized carbons (Fsp3) is 0.231. The molecule has 1 heterocycles. The number of hydrogen-bond acceptors (Lipinski definition) is 6. The fourth-order valence-electron chi connectivity index (χ4n) is 3.53. The molecule has 1 amide bonds. The van der Waals surface area contributed by atoms with Gasteiger partial charge < -0.3 is 9.47 Å². The Hall–Kier alpha value is -3.69. The maximum absolute atomic E-state index is 12.8. The van der Waals surface area contributed by atoms with E-state index in [1.165, 1.54) is 11.4 Å². The Kier molecular flexibility index (Phi) is 7.18. The van der Waals surface area contributed by atoms with Gasteiger partial charge in [-0.25, -0.2) is 13.8 Å². The van der Waals surface area contributed by atoms with Crippen molar-refractivity contribution in [2.24, 2.45) is 5.10 Å². The van der Waals surface area contributed by atoms with Gasteiger partial charge in [-0.3, -0.25) is 4.79 Å². The first-order chi connectivity index (χ1) is 16.7. The number of carbonyl (C=O) groups is 1. The molecule has 1 aliphatic rings. The summed E-state index contributed by atoms with van der Waals surface area (Å²) in [6.45, 7) is 4.89. The summed E-state index contributed by atoms with van der Waals surface area (Å²) in [7, 11) is -2.08. The first-order valence-corrected chi connectivity index (χ1v) is 12.5. The number of hydrazone groups is 1. The predicted molar refractivity (Wildman–Crippen MR) is 133 cm³/mol. The maximum atomic E-state index is 12.8. The summed E-state index contributed by atoms with van der Waals surface area (Å²) in [6, 6.07) is 19.0.